The lowest BCUT2D eigenvalue weighted by Crippen LogP contribution is -2.42. The van der Waals surface area contributed by atoms with Crippen molar-refractivity contribution in [3.8, 4) is 6.07 Å². The van der Waals surface area contributed by atoms with Crippen molar-refractivity contribution in [2.45, 2.75) is 55.4 Å². The van der Waals surface area contributed by atoms with E-state index >= 15 is 0 Å². The SMILES string of the molecule is CC(=O)Nc1ccc(SCC[C@]23CC[C@@](C)(O2)[C@H]2C(=O)N(c4ccc(C#N)c(C(F)(F)F)c4)C(=O)[C@H]23)cc1. The molecule has 4 atom stereocenters. The van der Waals surface area contributed by atoms with Gasteiger partial charge in [-0.2, -0.15) is 18.4 Å². The molecule has 198 valence electrons. The predicted molar refractivity (Wildman–Crippen MR) is 133 cm³/mol. The number of thioether (sulfide) groups is 1. The summed E-state index contributed by atoms with van der Waals surface area (Å²) in [6.07, 6.45) is -3.19. The van der Waals surface area contributed by atoms with Crippen LogP contribution in [-0.2, 0) is 25.3 Å². The molecule has 0 unspecified atom stereocenters. The Bertz CT molecular complexity index is 1370. The zero-order valence-corrected chi connectivity index (χ0v) is 21.4. The molecular formula is C27H24F3N3O4S. The van der Waals surface area contributed by atoms with Gasteiger partial charge in [0.25, 0.3) is 0 Å². The number of benzene rings is 2. The van der Waals surface area contributed by atoms with E-state index in [1.165, 1.54) is 19.1 Å². The van der Waals surface area contributed by atoms with Crippen molar-refractivity contribution in [2.75, 3.05) is 16.0 Å². The zero-order valence-electron chi connectivity index (χ0n) is 20.6. The molecule has 2 bridgehead atoms. The van der Waals surface area contributed by atoms with Crippen LogP contribution < -0.4 is 10.2 Å². The number of alkyl halides is 3. The third-order valence-electron chi connectivity index (χ3n) is 7.67. The third kappa shape index (κ3) is 4.25. The molecule has 11 heteroatoms. The lowest BCUT2D eigenvalue weighted by molar-refractivity contribution is -0.138. The Kier molecular flexibility index (Phi) is 6.31. The van der Waals surface area contributed by atoms with E-state index in [9.17, 15) is 27.6 Å². The maximum absolute atomic E-state index is 13.6. The molecule has 3 amide bonds. The number of carbonyl (C=O) groups is 3. The first-order chi connectivity index (χ1) is 17.9. The van der Waals surface area contributed by atoms with Gasteiger partial charge in [-0.3, -0.25) is 14.4 Å². The Morgan fingerprint density at radius 1 is 1.16 bits per heavy atom. The fourth-order valence-electron chi connectivity index (χ4n) is 6.05. The smallest absolute Gasteiger partial charge is 0.367 e. The van der Waals surface area contributed by atoms with Crippen molar-refractivity contribution in [3.05, 3.63) is 53.6 Å². The van der Waals surface area contributed by atoms with Crippen LogP contribution in [-0.4, -0.2) is 34.7 Å². The topological polar surface area (TPSA) is 99.5 Å². The Labute approximate surface area is 221 Å². The van der Waals surface area contributed by atoms with Crippen molar-refractivity contribution >= 4 is 40.9 Å². The van der Waals surface area contributed by atoms with Crippen molar-refractivity contribution in [3.63, 3.8) is 0 Å². The number of halogens is 3. The first-order valence-electron chi connectivity index (χ1n) is 12.1. The second kappa shape index (κ2) is 9.13. The van der Waals surface area contributed by atoms with Crippen molar-refractivity contribution in [1.29, 1.82) is 5.26 Å². The van der Waals surface area contributed by atoms with Crippen LogP contribution >= 0.6 is 11.8 Å². The number of amides is 3. The molecule has 3 fully saturated rings. The molecule has 3 aliphatic rings. The normalized spacial score (nSPS) is 27.9. The van der Waals surface area contributed by atoms with Gasteiger partial charge in [0.05, 0.1) is 45.9 Å². The number of nitrogens with one attached hydrogen (secondary N) is 1. The largest absolute Gasteiger partial charge is 0.417 e. The summed E-state index contributed by atoms with van der Waals surface area (Å²) in [5.74, 6) is -2.27. The molecule has 2 aromatic carbocycles. The highest BCUT2D eigenvalue weighted by Crippen LogP contribution is 2.62. The maximum Gasteiger partial charge on any atom is 0.417 e. The van der Waals surface area contributed by atoms with Crippen LogP contribution in [0.2, 0.25) is 0 Å². The molecule has 3 heterocycles. The van der Waals surface area contributed by atoms with E-state index in [1.807, 2.05) is 12.1 Å². The molecule has 0 aliphatic carbocycles. The second-order valence-corrected chi connectivity index (χ2v) is 11.3. The van der Waals surface area contributed by atoms with Crippen LogP contribution in [0.25, 0.3) is 0 Å². The number of nitriles is 1. The Balaban J connectivity index is 1.37. The van der Waals surface area contributed by atoms with Crippen LogP contribution in [0.3, 0.4) is 0 Å². The van der Waals surface area contributed by atoms with Crippen LogP contribution in [0.5, 0.6) is 0 Å². The maximum atomic E-state index is 13.6. The fraction of sp³-hybridized carbons (Fsp3) is 0.407. The average Bonchev–Trinajstić information content (AvgIpc) is 3.43. The number of hydrogen-bond acceptors (Lipinski definition) is 6. The predicted octanol–water partition coefficient (Wildman–Crippen LogP) is 5.14. The van der Waals surface area contributed by atoms with Gasteiger partial charge in [-0.05, 0) is 68.7 Å². The number of ether oxygens (including phenoxy) is 1. The number of hydrogen-bond donors (Lipinski definition) is 1. The second-order valence-electron chi connectivity index (χ2n) is 10.1. The van der Waals surface area contributed by atoms with Gasteiger partial charge in [0.2, 0.25) is 17.7 Å². The number of rotatable bonds is 6. The summed E-state index contributed by atoms with van der Waals surface area (Å²) in [4.78, 5) is 40.2. The van der Waals surface area contributed by atoms with Crippen molar-refractivity contribution in [1.82, 2.24) is 0 Å². The van der Waals surface area contributed by atoms with Gasteiger partial charge in [-0.15, -0.1) is 11.8 Å². The Hall–Kier alpha value is -3.36. The summed E-state index contributed by atoms with van der Waals surface area (Å²) in [7, 11) is 0. The minimum absolute atomic E-state index is 0.165. The quantitative estimate of drug-likeness (QED) is 0.400. The van der Waals surface area contributed by atoms with E-state index in [2.05, 4.69) is 5.32 Å². The van der Waals surface area contributed by atoms with E-state index in [0.29, 0.717) is 36.8 Å². The van der Waals surface area contributed by atoms with Crippen LogP contribution in [0.15, 0.2) is 47.4 Å². The average molecular weight is 544 g/mol. The highest BCUT2D eigenvalue weighted by atomic mass is 32.2. The molecule has 0 aromatic heterocycles. The van der Waals surface area contributed by atoms with Gasteiger partial charge >= 0.3 is 6.18 Å². The van der Waals surface area contributed by atoms with Gasteiger partial charge in [-0.1, -0.05) is 0 Å². The van der Waals surface area contributed by atoms with Gasteiger partial charge < -0.3 is 10.1 Å². The summed E-state index contributed by atoms with van der Waals surface area (Å²) in [6, 6.07) is 11.8. The number of nitrogens with zero attached hydrogens (tertiary/aromatic N) is 2. The first kappa shape index (κ1) is 26.3. The van der Waals surface area contributed by atoms with Crippen LogP contribution in [0.1, 0.15) is 44.2 Å². The van der Waals surface area contributed by atoms with E-state index < -0.39 is 52.2 Å². The number of fused-ring (bicyclic) bond motifs is 5. The molecule has 0 spiro atoms. The number of anilines is 2. The summed E-state index contributed by atoms with van der Waals surface area (Å²) < 4.78 is 47.1. The van der Waals surface area contributed by atoms with Crippen molar-refractivity contribution in [2.24, 2.45) is 11.8 Å². The van der Waals surface area contributed by atoms with Crippen LogP contribution in [0, 0.1) is 23.2 Å². The van der Waals surface area contributed by atoms with Crippen molar-refractivity contribution < 1.29 is 32.3 Å². The summed E-state index contributed by atoms with van der Waals surface area (Å²) in [6.45, 7) is 3.22. The zero-order chi connectivity index (χ0) is 27.5. The minimum atomic E-state index is -4.81. The molecule has 0 saturated carbocycles. The number of carbonyl (C=O) groups excluding carboxylic acids is 3. The number of imide groups is 1. The molecule has 5 rings (SSSR count). The third-order valence-corrected chi connectivity index (χ3v) is 8.68. The van der Waals surface area contributed by atoms with E-state index in [1.54, 1.807) is 30.8 Å². The summed E-state index contributed by atoms with van der Waals surface area (Å²) in [5, 5.41) is 11.8. The van der Waals surface area contributed by atoms with Gasteiger partial charge in [-0.25, -0.2) is 4.90 Å². The monoisotopic (exact) mass is 543 g/mol. The molecule has 0 radical (unpaired) electrons. The molecular weight excluding hydrogens is 519 g/mol. The highest BCUT2D eigenvalue weighted by Gasteiger charge is 2.73. The standard InChI is InChI=1S/C27H24F3N3O4S/c1-15(34)32-17-4-7-19(8-5-17)38-12-11-26-10-9-25(2,37-26)21-22(26)24(36)33(23(21)35)18-6-3-16(14-31)20(13-18)27(28,29)30/h3-8,13,21-22H,9-12H2,1-2H3,(H,32,34)/t21-,22+,25-,26+/m1/s1. The van der Waals surface area contributed by atoms with E-state index in [0.717, 1.165) is 15.9 Å². The molecule has 3 saturated heterocycles. The Morgan fingerprint density at radius 3 is 2.47 bits per heavy atom. The molecule has 2 aromatic rings. The molecule has 1 N–H and O–H groups in total. The minimum Gasteiger partial charge on any atom is -0.367 e. The molecule has 3 aliphatic heterocycles. The Morgan fingerprint density at radius 2 is 1.84 bits per heavy atom. The van der Waals surface area contributed by atoms with E-state index in [4.69, 9.17) is 10.00 Å². The van der Waals surface area contributed by atoms with Gasteiger partial charge in [0.1, 0.15) is 0 Å². The fourth-order valence-corrected chi connectivity index (χ4v) is 7.06. The summed E-state index contributed by atoms with van der Waals surface area (Å²) >= 11 is 1.55. The lowest BCUT2D eigenvalue weighted by atomic mass is 9.67. The lowest BCUT2D eigenvalue weighted by Gasteiger charge is -2.31. The first-order valence-corrected chi connectivity index (χ1v) is 13.1. The summed E-state index contributed by atoms with van der Waals surface area (Å²) in [5.41, 5.74) is -3.03. The highest BCUT2D eigenvalue weighted by molar-refractivity contribution is 7.99. The molecule has 38 heavy (non-hydrogen) atoms. The van der Waals surface area contributed by atoms with Gasteiger partial charge in [0, 0.05) is 23.3 Å². The van der Waals surface area contributed by atoms with Gasteiger partial charge in [0.15, 0.2) is 0 Å². The molecule has 7 nitrogen and oxygen atoms in total. The van der Waals surface area contributed by atoms with Crippen LogP contribution in [0.4, 0.5) is 24.5 Å². The van der Waals surface area contributed by atoms with E-state index in [-0.39, 0.29) is 11.6 Å².